The van der Waals surface area contributed by atoms with Gasteiger partial charge in [-0.05, 0) is 25.0 Å². The van der Waals surface area contributed by atoms with Crippen LogP contribution in [-0.2, 0) is 4.74 Å². The topological polar surface area (TPSA) is 68.7 Å². The molecule has 1 aliphatic heterocycles. The Kier molecular flexibility index (Phi) is 3.36. The molecule has 1 unspecified atom stereocenters. The molecule has 0 saturated carbocycles. The summed E-state index contributed by atoms with van der Waals surface area (Å²) in [5.74, 6) is -0.874. The van der Waals surface area contributed by atoms with Gasteiger partial charge in [0.05, 0.1) is 6.10 Å². The summed E-state index contributed by atoms with van der Waals surface area (Å²) in [4.78, 5) is 14.8. The lowest BCUT2D eigenvalue weighted by Gasteiger charge is -2.11. The van der Waals surface area contributed by atoms with E-state index in [1.807, 2.05) is 0 Å². The highest BCUT2D eigenvalue weighted by Gasteiger charge is 2.18. The molecule has 0 amide bonds. The molecular weight excluding hydrogens is 210 g/mol. The third kappa shape index (κ3) is 2.49. The summed E-state index contributed by atoms with van der Waals surface area (Å²) in [6.45, 7) is 1.11. The lowest BCUT2D eigenvalue weighted by molar-refractivity contribution is 0.0616. The Morgan fingerprint density at radius 1 is 1.69 bits per heavy atom. The van der Waals surface area contributed by atoms with Crippen LogP contribution in [0, 0.1) is 0 Å². The SMILES string of the molecule is O=C(O)c1cccnc1OCC1CCCO1. The molecule has 5 heteroatoms. The van der Waals surface area contributed by atoms with E-state index in [1.54, 1.807) is 6.07 Å². The van der Waals surface area contributed by atoms with Crippen LogP contribution in [0.3, 0.4) is 0 Å². The van der Waals surface area contributed by atoms with Gasteiger partial charge in [-0.3, -0.25) is 0 Å². The quantitative estimate of drug-likeness (QED) is 0.834. The standard InChI is InChI=1S/C11H13NO4/c13-11(14)9-4-1-5-12-10(9)16-7-8-3-2-6-15-8/h1,4-5,8H,2-3,6-7H2,(H,13,14). The fourth-order valence-corrected chi connectivity index (χ4v) is 1.62. The lowest BCUT2D eigenvalue weighted by Crippen LogP contribution is -2.18. The second-order valence-corrected chi connectivity index (χ2v) is 3.61. The van der Waals surface area contributed by atoms with Crippen LogP contribution < -0.4 is 4.74 Å². The van der Waals surface area contributed by atoms with Crippen LogP contribution in [0.4, 0.5) is 0 Å². The number of aromatic nitrogens is 1. The smallest absolute Gasteiger partial charge is 0.341 e. The van der Waals surface area contributed by atoms with E-state index in [2.05, 4.69) is 4.98 Å². The minimum absolute atomic E-state index is 0.0589. The van der Waals surface area contributed by atoms with E-state index in [0.29, 0.717) is 6.61 Å². The molecule has 1 aliphatic rings. The highest BCUT2D eigenvalue weighted by atomic mass is 16.5. The molecule has 5 nitrogen and oxygen atoms in total. The van der Waals surface area contributed by atoms with E-state index in [4.69, 9.17) is 14.6 Å². The zero-order chi connectivity index (χ0) is 11.4. The van der Waals surface area contributed by atoms with Crippen LogP contribution in [0.2, 0.25) is 0 Å². The Hall–Kier alpha value is -1.62. The van der Waals surface area contributed by atoms with Crippen LogP contribution >= 0.6 is 0 Å². The van der Waals surface area contributed by atoms with E-state index in [9.17, 15) is 4.79 Å². The molecule has 86 valence electrons. The van der Waals surface area contributed by atoms with Crippen LogP contribution in [-0.4, -0.2) is 35.4 Å². The van der Waals surface area contributed by atoms with Gasteiger partial charge in [-0.2, -0.15) is 0 Å². The van der Waals surface area contributed by atoms with Gasteiger partial charge < -0.3 is 14.6 Å². The number of rotatable bonds is 4. The zero-order valence-electron chi connectivity index (χ0n) is 8.76. The Morgan fingerprint density at radius 3 is 3.25 bits per heavy atom. The number of carboxylic acid groups (broad SMARTS) is 1. The van der Waals surface area contributed by atoms with E-state index >= 15 is 0 Å². The van der Waals surface area contributed by atoms with Gasteiger partial charge in [0.15, 0.2) is 0 Å². The highest BCUT2D eigenvalue weighted by molar-refractivity contribution is 5.90. The van der Waals surface area contributed by atoms with E-state index in [0.717, 1.165) is 19.4 Å². The van der Waals surface area contributed by atoms with Crippen molar-refractivity contribution in [1.29, 1.82) is 0 Å². The summed E-state index contributed by atoms with van der Waals surface area (Å²) in [5.41, 5.74) is 0.0838. The Labute approximate surface area is 93.0 Å². The van der Waals surface area contributed by atoms with Crippen LogP contribution in [0.15, 0.2) is 18.3 Å². The van der Waals surface area contributed by atoms with Crippen LogP contribution in [0.5, 0.6) is 5.88 Å². The molecule has 2 heterocycles. The van der Waals surface area contributed by atoms with Crippen molar-refractivity contribution in [3.05, 3.63) is 23.9 Å². The molecule has 0 radical (unpaired) electrons. The zero-order valence-corrected chi connectivity index (χ0v) is 8.76. The molecule has 0 spiro atoms. The van der Waals surface area contributed by atoms with Crippen LogP contribution in [0.1, 0.15) is 23.2 Å². The molecular formula is C11H13NO4. The van der Waals surface area contributed by atoms with Gasteiger partial charge in [0.2, 0.25) is 5.88 Å². The third-order valence-electron chi connectivity index (χ3n) is 2.43. The Bertz CT molecular complexity index is 374. The van der Waals surface area contributed by atoms with Gasteiger partial charge in [0.25, 0.3) is 0 Å². The first kappa shape index (κ1) is 10.9. The van der Waals surface area contributed by atoms with E-state index in [1.165, 1.54) is 12.3 Å². The van der Waals surface area contributed by atoms with E-state index < -0.39 is 5.97 Å². The monoisotopic (exact) mass is 223 g/mol. The fraction of sp³-hybridized carbons (Fsp3) is 0.455. The largest absolute Gasteiger partial charge is 0.477 e. The molecule has 1 aromatic heterocycles. The number of pyridine rings is 1. The minimum atomic E-state index is -1.03. The highest BCUT2D eigenvalue weighted by Crippen LogP contribution is 2.17. The maximum absolute atomic E-state index is 10.9. The number of carboxylic acids is 1. The van der Waals surface area contributed by atoms with Crippen molar-refractivity contribution in [3.8, 4) is 5.88 Å². The lowest BCUT2D eigenvalue weighted by atomic mass is 10.2. The Balaban J connectivity index is 2.00. The normalized spacial score (nSPS) is 19.6. The van der Waals surface area contributed by atoms with Gasteiger partial charge in [0.1, 0.15) is 12.2 Å². The predicted molar refractivity (Wildman–Crippen MR) is 55.7 cm³/mol. The molecule has 2 rings (SSSR count). The predicted octanol–water partition coefficient (Wildman–Crippen LogP) is 1.34. The molecule has 1 N–H and O–H groups in total. The first-order valence-corrected chi connectivity index (χ1v) is 5.20. The van der Waals surface area contributed by atoms with Gasteiger partial charge in [-0.25, -0.2) is 9.78 Å². The van der Waals surface area contributed by atoms with Crippen molar-refractivity contribution in [2.24, 2.45) is 0 Å². The van der Waals surface area contributed by atoms with Gasteiger partial charge in [-0.1, -0.05) is 0 Å². The molecule has 0 bridgehead atoms. The van der Waals surface area contributed by atoms with Crippen molar-refractivity contribution in [3.63, 3.8) is 0 Å². The maximum Gasteiger partial charge on any atom is 0.341 e. The Morgan fingerprint density at radius 2 is 2.56 bits per heavy atom. The molecule has 0 aliphatic carbocycles. The number of ether oxygens (including phenoxy) is 2. The fourth-order valence-electron chi connectivity index (χ4n) is 1.62. The van der Waals surface area contributed by atoms with Crippen molar-refractivity contribution in [1.82, 2.24) is 4.98 Å². The van der Waals surface area contributed by atoms with Gasteiger partial charge >= 0.3 is 5.97 Å². The number of hydrogen-bond donors (Lipinski definition) is 1. The summed E-state index contributed by atoms with van der Waals surface area (Å²) in [7, 11) is 0. The molecule has 1 saturated heterocycles. The molecule has 1 aromatic rings. The number of hydrogen-bond acceptors (Lipinski definition) is 4. The summed E-state index contributed by atoms with van der Waals surface area (Å²) < 4.78 is 10.7. The first-order valence-electron chi connectivity index (χ1n) is 5.20. The minimum Gasteiger partial charge on any atom is -0.477 e. The van der Waals surface area contributed by atoms with Crippen molar-refractivity contribution < 1.29 is 19.4 Å². The number of aromatic carboxylic acids is 1. The molecule has 1 atom stereocenters. The molecule has 1 fully saturated rings. The third-order valence-corrected chi connectivity index (χ3v) is 2.43. The van der Waals surface area contributed by atoms with Crippen molar-refractivity contribution in [2.75, 3.05) is 13.2 Å². The van der Waals surface area contributed by atoms with Crippen molar-refractivity contribution in [2.45, 2.75) is 18.9 Å². The van der Waals surface area contributed by atoms with Crippen LogP contribution in [0.25, 0.3) is 0 Å². The number of nitrogens with zero attached hydrogens (tertiary/aromatic N) is 1. The first-order chi connectivity index (χ1) is 7.77. The van der Waals surface area contributed by atoms with E-state index in [-0.39, 0.29) is 17.5 Å². The summed E-state index contributed by atoms with van der Waals surface area (Å²) in [5, 5.41) is 8.91. The summed E-state index contributed by atoms with van der Waals surface area (Å²) in [6.07, 6.45) is 3.55. The average molecular weight is 223 g/mol. The average Bonchev–Trinajstić information content (AvgIpc) is 2.79. The number of carbonyl (C=O) groups is 1. The summed E-state index contributed by atoms with van der Waals surface area (Å²) in [6, 6.07) is 3.04. The second kappa shape index (κ2) is 4.94. The second-order valence-electron chi connectivity index (χ2n) is 3.61. The van der Waals surface area contributed by atoms with Gasteiger partial charge in [-0.15, -0.1) is 0 Å². The maximum atomic E-state index is 10.9. The summed E-state index contributed by atoms with van der Waals surface area (Å²) >= 11 is 0. The molecule has 16 heavy (non-hydrogen) atoms. The van der Waals surface area contributed by atoms with Crippen molar-refractivity contribution >= 4 is 5.97 Å². The van der Waals surface area contributed by atoms with Gasteiger partial charge in [0, 0.05) is 12.8 Å². The molecule has 0 aromatic carbocycles.